The second kappa shape index (κ2) is 7.06. The SMILES string of the molecule is COC(=O)c1ccc2c(c1)C1=CCC=C3C=C(OC)C(c4ccc(OC)cc4)C2=C31. The monoisotopic (exact) mass is 398 g/mol. The Morgan fingerprint density at radius 1 is 0.933 bits per heavy atom. The second-order valence-corrected chi connectivity index (χ2v) is 7.51. The molecule has 0 radical (unpaired) electrons. The van der Waals surface area contributed by atoms with Gasteiger partial charge in [0.05, 0.1) is 32.8 Å². The van der Waals surface area contributed by atoms with E-state index in [0.29, 0.717) is 5.56 Å². The molecule has 0 heterocycles. The van der Waals surface area contributed by atoms with Crippen LogP contribution in [-0.4, -0.2) is 27.3 Å². The highest BCUT2D eigenvalue weighted by Gasteiger charge is 2.39. The van der Waals surface area contributed by atoms with Crippen molar-refractivity contribution in [3.63, 3.8) is 0 Å². The molecule has 0 saturated heterocycles. The van der Waals surface area contributed by atoms with E-state index in [1.54, 1.807) is 14.2 Å². The third-order valence-corrected chi connectivity index (χ3v) is 6.06. The molecule has 4 heteroatoms. The molecule has 0 bridgehead atoms. The lowest BCUT2D eigenvalue weighted by Gasteiger charge is -2.29. The van der Waals surface area contributed by atoms with Crippen LogP contribution in [0, 0.1) is 0 Å². The first-order valence-electron chi connectivity index (χ1n) is 9.94. The molecular formula is C26H22O4. The van der Waals surface area contributed by atoms with E-state index >= 15 is 0 Å². The number of carbonyl (C=O) groups excluding carboxylic acids is 1. The molecule has 4 nitrogen and oxygen atoms in total. The van der Waals surface area contributed by atoms with Gasteiger partial charge in [-0.25, -0.2) is 4.79 Å². The van der Waals surface area contributed by atoms with E-state index in [2.05, 4.69) is 30.4 Å². The molecule has 3 aliphatic rings. The molecule has 0 N–H and O–H groups in total. The van der Waals surface area contributed by atoms with Gasteiger partial charge in [0.15, 0.2) is 0 Å². The fourth-order valence-corrected chi connectivity index (χ4v) is 4.70. The number of carbonyl (C=O) groups is 1. The molecule has 0 amide bonds. The summed E-state index contributed by atoms with van der Waals surface area (Å²) in [5.74, 6) is 1.39. The Kier molecular flexibility index (Phi) is 4.35. The van der Waals surface area contributed by atoms with Crippen LogP contribution in [0.4, 0.5) is 0 Å². The Morgan fingerprint density at radius 2 is 1.73 bits per heavy atom. The molecule has 5 rings (SSSR count). The van der Waals surface area contributed by atoms with Crippen LogP contribution >= 0.6 is 0 Å². The molecule has 1 unspecified atom stereocenters. The van der Waals surface area contributed by atoms with Gasteiger partial charge in [0, 0.05) is 0 Å². The van der Waals surface area contributed by atoms with Crippen molar-refractivity contribution in [2.75, 3.05) is 21.3 Å². The lowest BCUT2D eigenvalue weighted by molar-refractivity contribution is 0.0600. The Balaban J connectivity index is 1.72. The van der Waals surface area contributed by atoms with E-state index in [-0.39, 0.29) is 11.9 Å². The molecule has 1 atom stereocenters. The van der Waals surface area contributed by atoms with Gasteiger partial charge in [-0.15, -0.1) is 0 Å². The third-order valence-electron chi connectivity index (χ3n) is 6.06. The van der Waals surface area contributed by atoms with Crippen LogP contribution < -0.4 is 4.74 Å². The summed E-state index contributed by atoms with van der Waals surface area (Å²) in [5.41, 5.74) is 8.75. The average Bonchev–Trinajstić information content (AvgIpc) is 3.13. The van der Waals surface area contributed by atoms with Crippen molar-refractivity contribution in [1.82, 2.24) is 0 Å². The molecule has 0 saturated carbocycles. The maximum absolute atomic E-state index is 12.1. The van der Waals surface area contributed by atoms with Crippen molar-refractivity contribution in [3.8, 4) is 5.75 Å². The van der Waals surface area contributed by atoms with Gasteiger partial charge in [0.1, 0.15) is 11.5 Å². The van der Waals surface area contributed by atoms with Crippen LogP contribution in [0.25, 0.3) is 11.1 Å². The standard InChI is InChI=1S/C26H22O4/c1-28-18-10-7-15(8-11-18)24-22(29-2)14-16-5-4-6-19-21-13-17(26(27)30-3)9-12-20(21)25(24)23(16)19/h5-14,24H,4H2,1-3H3. The van der Waals surface area contributed by atoms with Crippen LogP contribution in [-0.2, 0) is 9.47 Å². The molecule has 0 fully saturated rings. The quantitative estimate of drug-likeness (QED) is 0.657. The Labute approximate surface area is 175 Å². The minimum Gasteiger partial charge on any atom is -0.500 e. The van der Waals surface area contributed by atoms with Crippen molar-refractivity contribution in [2.45, 2.75) is 12.3 Å². The fourth-order valence-electron chi connectivity index (χ4n) is 4.70. The number of allylic oxidation sites excluding steroid dienone is 7. The lowest BCUT2D eigenvalue weighted by atomic mass is 9.77. The van der Waals surface area contributed by atoms with Gasteiger partial charge in [0.2, 0.25) is 0 Å². The first-order valence-corrected chi connectivity index (χ1v) is 9.94. The Hall–Kier alpha value is -3.53. The third kappa shape index (κ3) is 2.64. The highest BCUT2D eigenvalue weighted by atomic mass is 16.5. The number of ether oxygens (including phenoxy) is 3. The summed E-state index contributed by atoms with van der Waals surface area (Å²) in [5, 5.41) is 0. The van der Waals surface area contributed by atoms with E-state index in [0.717, 1.165) is 34.6 Å². The first kappa shape index (κ1) is 18.5. The summed E-state index contributed by atoms with van der Waals surface area (Å²) >= 11 is 0. The summed E-state index contributed by atoms with van der Waals surface area (Å²) in [4.78, 5) is 12.1. The largest absolute Gasteiger partial charge is 0.500 e. The molecule has 30 heavy (non-hydrogen) atoms. The zero-order valence-electron chi connectivity index (χ0n) is 17.2. The number of rotatable bonds is 4. The molecule has 0 spiro atoms. The number of hydrogen-bond donors (Lipinski definition) is 0. The Morgan fingerprint density at radius 3 is 2.43 bits per heavy atom. The number of fused-ring (bicyclic) bond motifs is 3. The highest BCUT2D eigenvalue weighted by Crippen LogP contribution is 2.56. The van der Waals surface area contributed by atoms with E-state index in [1.165, 1.54) is 29.4 Å². The Bertz CT molecular complexity index is 1180. The van der Waals surface area contributed by atoms with Crippen LogP contribution in [0.1, 0.15) is 39.4 Å². The van der Waals surface area contributed by atoms with Gasteiger partial charge >= 0.3 is 5.97 Å². The molecule has 3 aliphatic carbocycles. The summed E-state index contributed by atoms with van der Waals surface area (Å²) in [7, 11) is 4.81. The molecule has 150 valence electrons. The summed E-state index contributed by atoms with van der Waals surface area (Å²) in [6.07, 6.45) is 7.47. The van der Waals surface area contributed by atoms with Crippen molar-refractivity contribution >= 4 is 17.1 Å². The fraction of sp³-hybridized carbons (Fsp3) is 0.192. The van der Waals surface area contributed by atoms with E-state index in [1.807, 2.05) is 30.3 Å². The van der Waals surface area contributed by atoms with Crippen molar-refractivity contribution in [3.05, 3.63) is 99.9 Å². The molecular weight excluding hydrogens is 376 g/mol. The van der Waals surface area contributed by atoms with Crippen molar-refractivity contribution < 1.29 is 19.0 Å². The van der Waals surface area contributed by atoms with Gasteiger partial charge < -0.3 is 14.2 Å². The molecule has 0 aromatic heterocycles. The summed E-state index contributed by atoms with van der Waals surface area (Å²) in [6.45, 7) is 0. The van der Waals surface area contributed by atoms with Crippen LogP contribution in [0.3, 0.4) is 0 Å². The maximum atomic E-state index is 12.1. The highest BCUT2D eigenvalue weighted by molar-refractivity contribution is 6.08. The normalized spacial score (nSPS) is 18.6. The number of esters is 1. The number of methoxy groups -OCH3 is 3. The maximum Gasteiger partial charge on any atom is 0.337 e. The molecule has 0 aliphatic heterocycles. The van der Waals surface area contributed by atoms with Gasteiger partial charge in [-0.1, -0.05) is 30.4 Å². The molecule has 2 aromatic rings. The lowest BCUT2D eigenvalue weighted by Crippen LogP contribution is -2.13. The van der Waals surface area contributed by atoms with Crippen LogP contribution in [0.2, 0.25) is 0 Å². The summed E-state index contributed by atoms with van der Waals surface area (Å²) in [6, 6.07) is 14.0. The number of benzene rings is 2. The van der Waals surface area contributed by atoms with Gasteiger partial charge in [-0.2, -0.15) is 0 Å². The van der Waals surface area contributed by atoms with Crippen LogP contribution in [0.5, 0.6) is 5.75 Å². The van der Waals surface area contributed by atoms with Crippen molar-refractivity contribution in [2.24, 2.45) is 0 Å². The van der Waals surface area contributed by atoms with E-state index in [4.69, 9.17) is 14.2 Å². The minimum absolute atomic E-state index is 0.0280. The average molecular weight is 398 g/mol. The summed E-state index contributed by atoms with van der Waals surface area (Å²) < 4.78 is 16.1. The van der Waals surface area contributed by atoms with Crippen molar-refractivity contribution in [1.29, 1.82) is 0 Å². The topological polar surface area (TPSA) is 44.8 Å². The van der Waals surface area contributed by atoms with Gasteiger partial charge in [-0.05, 0) is 75.7 Å². The zero-order chi connectivity index (χ0) is 20.8. The predicted molar refractivity (Wildman–Crippen MR) is 116 cm³/mol. The smallest absolute Gasteiger partial charge is 0.337 e. The van der Waals surface area contributed by atoms with E-state index in [9.17, 15) is 4.79 Å². The second-order valence-electron chi connectivity index (χ2n) is 7.51. The minimum atomic E-state index is -0.322. The zero-order valence-corrected chi connectivity index (χ0v) is 17.2. The first-order chi connectivity index (χ1) is 14.7. The van der Waals surface area contributed by atoms with E-state index < -0.39 is 0 Å². The van der Waals surface area contributed by atoms with Crippen LogP contribution in [0.15, 0.2) is 77.6 Å². The number of hydrogen-bond acceptors (Lipinski definition) is 4. The van der Waals surface area contributed by atoms with Gasteiger partial charge in [0.25, 0.3) is 0 Å². The van der Waals surface area contributed by atoms with Gasteiger partial charge in [-0.3, -0.25) is 0 Å². The molecule has 2 aromatic carbocycles. The predicted octanol–water partition coefficient (Wildman–Crippen LogP) is 5.29.